The first-order valence-electron chi connectivity index (χ1n) is 7.87. The standard InChI is InChI=1S/C18H24FN/c1-2-18(19)12-7-14-3-8-16(9-4-14)17-10-5-15(13-20)6-11-17/h5-6,10-11,14,16,18H,2-4,7-9,12H2,1H3/t14-,16-,18?. The van der Waals surface area contributed by atoms with E-state index in [1.54, 1.807) is 0 Å². The molecular formula is C18H24FN. The molecule has 1 aromatic rings. The van der Waals surface area contributed by atoms with Gasteiger partial charge in [0.2, 0.25) is 0 Å². The molecule has 0 aromatic heterocycles. The van der Waals surface area contributed by atoms with Crippen molar-refractivity contribution in [2.24, 2.45) is 5.92 Å². The Labute approximate surface area is 121 Å². The number of hydrogen-bond donors (Lipinski definition) is 0. The smallest absolute Gasteiger partial charge is 0.0999 e. The maximum atomic E-state index is 13.3. The minimum atomic E-state index is -0.605. The van der Waals surface area contributed by atoms with E-state index >= 15 is 0 Å². The molecule has 1 saturated carbocycles. The summed E-state index contributed by atoms with van der Waals surface area (Å²) >= 11 is 0. The molecule has 1 unspecified atom stereocenters. The maximum absolute atomic E-state index is 13.3. The van der Waals surface area contributed by atoms with E-state index in [0.29, 0.717) is 12.3 Å². The lowest BCUT2D eigenvalue weighted by atomic mass is 9.77. The Morgan fingerprint density at radius 3 is 2.40 bits per heavy atom. The zero-order valence-electron chi connectivity index (χ0n) is 12.3. The van der Waals surface area contributed by atoms with Crippen LogP contribution >= 0.6 is 0 Å². The minimum Gasteiger partial charge on any atom is -0.248 e. The summed E-state index contributed by atoms with van der Waals surface area (Å²) < 4.78 is 13.3. The van der Waals surface area contributed by atoms with Gasteiger partial charge in [-0.05, 0) is 74.5 Å². The summed E-state index contributed by atoms with van der Waals surface area (Å²) in [5, 5.41) is 8.82. The van der Waals surface area contributed by atoms with Crippen molar-refractivity contribution in [2.45, 2.75) is 64.0 Å². The van der Waals surface area contributed by atoms with Gasteiger partial charge in [-0.1, -0.05) is 19.1 Å². The third-order valence-corrected chi connectivity index (χ3v) is 4.69. The Bertz CT molecular complexity index is 437. The fourth-order valence-corrected chi connectivity index (χ4v) is 3.23. The highest BCUT2D eigenvalue weighted by Gasteiger charge is 2.22. The van der Waals surface area contributed by atoms with Crippen LogP contribution in [0.4, 0.5) is 4.39 Å². The number of halogens is 1. The lowest BCUT2D eigenvalue weighted by Crippen LogP contribution is -2.14. The summed E-state index contributed by atoms with van der Waals surface area (Å²) in [7, 11) is 0. The molecule has 20 heavy (non-hydrogen) atoms. The van der Waals surface area contributed by atoms with Crippen molar-refractivity contribution in [3.05, 3.63) is 35.4 Å². The van der Waals surface area contributed by atoms with Crippen molar-refractivity contribution in [3.63, 3.8) is 0 Å². The Hall–Kier alpha value is -1.36. The quantitative estimate of drug-likeness (QED) is 0.708. The van der Waals surface area contributed by atoms with Crippen LogP contribution in [0.2, 0.25) is 0 Å². The molecular weight excluding hydrogens is 249 g/mol. The van der Waals surface area contributed by atoms with Gasteiger partial charge in [0.15, 0.2) is 0 Å². The van der Waals surface area contributed by atoms with Crippen LogP contribution in [0.25, 0.3) is 0 Å². The number of hydrogen-bond acceptors (Lipinski definition) is 1. The average molecular weight is 273 g/mol. The SMILES string of the molecule is CCC(F)CC[C@H]1CC[C@H](c2ccc(C#N)cc2)CC1. The molecule has 0 N–H and O–H groups in total. The van der Waals surface area contributed by atoms with Crippen LogP contribution in [-0.2, 0) is 0 Å². The van der Waals surface area contributed by atoms with Gasteiger partial charge >= 0.3 is 0 Å². The first kappa shape index (κ1) is 15.0. The number of nitriles is 1. The first-order valence-corrected chi connectivity index (χ1v) is 7.87. The van der Waals surface area contributed by atoms with E-state index in [9.17, 15) is 4.39 Å². The predicted octanol–water partition coefficient (Wildman–Crippen LogP) is 5.36. The molecule has 2 heteroatoms. The number of alkyl halides is 1. The molecule has 0 amide bonds. The second kappa shape index (κ2) is 7.43. The summed E-state index contributed by atoms with van der Waals surface area (Å²) in [5.41, 5.74) is 2.09. The van der Waals surface area contributed by atoms with Crippen molar-refractivity contribution in [1.29, 1.82) is 5.26 Å². The molecule has 0 saturated heterocycles. The molecule has 0 bridgehead atoms. The number of nitrogens with zero attached hydrogens (tertiary/aromatic N) is 1. The normalized spacial score (nSPS) is 24.1. The van der Waals surface area contributed by atoms with E-state index in [-0.39, 0.29) is 0 Å². The van der Waals surface area contributed by atoms with Crippen molar-refractivity contribution in [1.82, 2.24) is 0 Å². The summed E-state index contributed by atoms with van der Waals surface area (Å²) in [4.78, 5) is 0. The van der Waals surface area contributed by atoms with Gasteiger partial charge in [0, 0.05) is 0 Å². The average Bonchev–Trinajstić information content (AvgIpc) is 2.53. The van der Waals surface area contributed by atoms with Crippen LogP contribution in [0.15, 0.2) is 24.3 Å². The maximum Gasteiger partial charge on any atom is 0.0999 e. The highest BCUT2D eigenvalue weighted by Crippen LogP contribution is 2.37. The van der Waals surface area contributed by atoms with Crippen LogP contribution in [0, 0.1) is 17.2 Å². The molecule has 1 fully saturated rings. The summed E-state index contributed by atoms with van der Waals surface area (Å²) in [6.07, 6.45) is 6.70. The first-order chi connectivity index (χ1) is 9.72. The van der Waals surface area contributed by atoms with Crippen molar-refractivity contribution >= 4 is 0 Å². The third kappa shape index (κ3) is 4.07. The highest BCUT2D eigenvalue weighted by atomic mass is 19.1. The largest absolute Gasteiger partial charge is 0.248 e. The molecule has 0 spiro atoms. The Morgan fingerprint density at radius 1 is 1.20 bits per heavy atom. The molecule has 1 aliphatic carbocycles. The number of benzene rings is 1. The van der Waals surface area contributed by atoms with Crippen LogP contribution in [0.1, 0.15) is 68.9 Å². The van der Waals surface area contributed by atoms with Gasteiger partial charge in [0.25, 0.3) is 0 Å². The zero-order chi connectivity index (χ0) is 14.4. The lowest BCUT2D eigenvalue weighted by Gasteiger charge is -2.29. The van der Waals surface area contributed by atoms with Gasteiger partial charge in [-0.25, -0.2) is 4.39 Å². The van der Waals surface area contributed by atoms with Gasteiger partial charge < -0.3 is 0 Å². The summed E-state index contributed by atoms with van der Waals surface area (Å²) in [5.74, 6) is 1.35. The molecule has 2 rings (SSSR count). The van der Waals surface area contributed by atoms with Crippen molar-refractivity contribution in [3.8, 4) is 6.07 Å². The minimum absolute atomic E-state index is 0.605. The highest BCUT2D eigenvalue weighted by molar-refractivity contribution is 5.33. The summed E-state index contributed by atoms with van der Waals surface area (Å²) in [6, 6.07) is 10.2. The molecule has 0 radical (unpaired) electrons. The predicted molar refractivity (Wildman–Crippen MR) is 80.3 cm³/mol. The van der Waals surface area contributed by atoms with Crippen LogP contribution in [0.3, 0.4) is 0 Å². The van der Waals surface area contributed by atoms with E-state index in [1.165, 1.54) is 31.2 Å². The van der Waals surface area contributed by atoms with Crippen LogP contribution in [0.5, 0.6) is 0 Å². The second-order valence-corrected chi connectivity index (χ2v) is 6.03. The molecule has 0 aliphatic heterocycles. The van der Waals surface area contributed by atoms with Gasteiger partial charge in [-0.3, -0.25) is 0 Å². The fourth-order valence-electron chi connectivity index (χ4n) is 3.23. The third-order valence-electron chi connectivity index (χ3n) is 4.69. The molecule has 1 aromatic carbocycles. The Morgan fingerprint density at radius 2 is 1.85 bits per heavy atom. The van der Waals surface area contributed by atoms with Crippen LogP contribution in [-0.4, -0.2) is 6.17 Å². The number of rotatable bonds is 5. The molecule has 1 aliphatic rings. The van der Waals surface area contributed by atoms with Gasteiger partial charge in [-0.2, -0.15) is 5.26 Å². The summed E-state index contributed by atoms with van der Waals surface area (Å²) in [6.45, 7) is 1.92. The topological polar surface area (TPSA) is 23.8 Å². The van der Waals surface area contributed by atoms with E-state index in [2.05, 4.69) is 18.2 Å². The molecule has 1 nitrogen and oxygen atoms in total. The Kier molecular flexibility index (Phi) is 5.59. The van der Waals surface area contributed by atoms with E-state index in [0.717, 1.165) is 24.3 Å². The Balaban J connectivity index is 1.80. The van der Waals surface area contributed by atoms with E-state index in [1.807, 2.05) is 19.1 Å². The molecule has 1 atom stereocenters. The van der Waals surface area contributed by atoms with E-state index < -0.39 is 6.17 Å². The van der Waals surface area contributed by atoms with Gasteiger partial charge in [-0.15, -0.1) is 0 Å². The second-order valence-electron chi connectivity index (χ2n) is 6.03. The van der Waals surface area contributed by atoms with Gasteiger partial charge in [0.1, 0.15) is 0 Å². The van der Waals surface area contributed by atoms with E-state index in [4.69, 9.17) is 5.26 Å². The molecule has 108 valence electrons. The monoisotopic (exact) mass is 273 g/mol. The van der Waals surface area contributed by atoms with Crippen LogP contribution < -0.4 is 0 Å². The zero-order valence-corrected chi connectivity index (χ0v) is 12.3. The molecule has 0 heterocycles. The fraction of sp³-hybridized carbons (Fsp3) is 0.611. The van der Waals surface area contributed by atoms with Gasteiger partial charge in [0.05, 0.1) is 17.8 Å². The van der Waals surface area contributed by atoms with Crippen molar-refractivity contribution in [2.75, 3.05) is 0 Å². The van der Waals surface area contributed by atoms with Crippen molar-refractivity contribution < 1.29 is 4.39 Å². The lowest BCUT2D eigenvalue weighted by molar-refractivity contribution is 0.246.